The van der Waals surface area contributed by atoms with Crippen LogP contribution in [0, 0.1) is 6.92 Å². The van der Waals surface area contributed by atoms with Crippen LogP contribution in [-0.4, -0.2) is 29.9 Å². The van der Waals surface area contributed by atoms with Crippen molar-refractivity contribution in [2.45, 2.75) is 31.4 Å². The van der Waals surface area contributed by atoms with E-state index in [-0.39, 0.29) is 0 Å². The summed E-state index contributed by atoms with van der Waals surface area (Å²) in [5.41, 5.74) is 2.67. The van der Waals surface area contributed by atoms with Crippen molar-refractivity contribution in [2.24, 2.45) is 7.05 Å². The summed E-state index contributed by atoms with van der Waals surface area (Å²) in [4.78, 5) is 12.2. The number of carbonyl (C=O) groups excluding carboxylic acids is 1. The van der Waals surface area contributed by atoms with Crippen molar-refractivity contribution in [1.29, 1.82) is 0 Å². The van der Waals surface area contributed by atoms with Gasteiger partial charge in [-0.3, -0.25) is 9.48 Å². The van der Waals surface area contributed by atoms with Gasteiger partial charge in [0.1, 0.15) is 11.6 Å². The molecule has 1 aliphatic rings. The first-order valence-electron chi connectivity index (χ1n) is 7.96. The maximum atomic E-state index is 12.8. The van der Waals surface area contributed by atoms with Crippen LogP contribution in [0.1, 0.15) is 34.9 Å². The Morgan fingerprint density at radius 3 is 2.83 bits per heavy atom. The monoisotopic (exact) mass is 347 g/mol. The number of amides is 1. The minimum atomic E-state index is -3.56. The zero-order chi connectivity index (χ0) is 17.3. The molecule has 0 unspecified atom stereocenters. The van der Waals surface area contributed by atoms with Gasteiger partial charge in [0, 0.05) is 13.1 Å². The first-order valence-corrected chi connectivity index (χ1v) is 9.68. The van der Waals surface area contributed by atoms with Crippen LogP contribution in [0.15, 0.2) is 30.3 Å². The van der Waals surface area contributed by atoms with Crippen LogP contribution in [0.2, 0.25) is 0 Å². The van der Waals surface area contributed by atoms with Crippen molar-refractivity contribution < 1.29 is 13.2 Å². The Morgan fingerprint density at radius 2 is 2.12 bits per heavy atom. The number of benzene rings is 1. The Hall–Kier alpha value is -2.15. The molecular formula is C17H21N3O3S. The second kappa shape index (κ2) is 6.39. The zero-order valence-corrected chi connectivity index (χ0v) is 14.6. The third-order valence-corrected chi connectivity index (χ3v) is 6.37. The molecule has 0 spiro atoms. The highest BCUT2D eigenvalue weighted by Gasteiger charge is 2.33. The topological polar surface area (TPSA) is 81.1 Å². The molecule has 0 aliphatic heterocycles. The van der Waals surface area contributed by atoms with E-state index in [1.807, 2.05) is 31.2 Å². The number of aryl methyl sites for hydroxylation is 3. The molecule has 1 aromatic heterocycles. The number of fused-ring (bicyclic) bond motifs is 1. The molecule has 1 N–H and O–H groups in total. The van der Waals surface area contributed by atoms with Crippen molar-refractivity contribution in [3.63, 3.8) is 0 Å². The molecule has 7 heteroatoms. The highest BCUT2D eigenvalue weighted by molar-refractivity contribution is 7.92. The Morgan fingerprint density at radius 1 is 1.38 bits per heavy atom. The normalized spacial score (nSPS) is 17.3. The molecule has 0 bridgehead atoms. The first-order chi connectivity index (χ1) is 11.4. The third kappa shape index (κ3) is 3.36. The lowest BCUT2D eigenvalue weighted by Crippen LogP contribution is -2.29. The first kappa shape index (κ1) is 16.7. The number of sulfone groups is 1. The van der Waals surface area contributed by atoms with Gasteiger partial charge in [-0.05, 0) is 37.3 Å². The van der Waals surface area contributed by atoms with Crippen LogP contribution in [0.4, 0.5) is 5.82 Å². The number of aromatic nitrogens is 2. The Balaban J connectivity index is 1.77. The van der Waals surface area contributed by atoms with Crippen LogP contribution in [0.3, 0.4) is 0 Å². The van der Waals surface area contributed by atoms with E-state index in [1.165, 1.54) is 4.68 Å². The average molecular weight is 347 g/mol. The summed E-state index contributed by atoms with van der Waals surface area (Å²) in [5.74, 6) is -0.547. The van der Waals surface area contributed by atoms with Crippen LogP contribution in [0.5, 0.6) is 0 Å². The van der Waals surface area contributed by atoms with Gasteiger partial charge in [0.25, 0.3) is 0 Å². The minimum absolute atomic E-state index is 0.497. The molecule has 1 heterocycles. The van der Waals surface area contributed by atoms with Crippen molar-refractivity contribution in [1.82, 2.24) is 9.78 Å². The lowest BCUT2D eigenvalue weighted by Gasteiger charge is -2.25. The van der Waals surface area contributed by atoms with Gasteiger partial charge in [-0.25, -0.2) is 8.42 Å². The van der Waals surface area contributed by atoms with E-state index in [0.717, 1.165) is 29.7 Å². The summed E-state index contributed by atoms with van der Waals surface area (Å²) < 4.78 is 27.0. The van der Waals surface area contributed by atoms with Crippen molar-refractivity contribution in [3.05, 3.63) is 47.2 Å². The van der Waals surface area contributed by atoms with Crippen molar-refractivity contribution in [3.8, 4) is 0 Å². The van der Waals surface area contributed by atoms with Gasteiger partial charge in [-0.1, -0.05) is 24.3 Å². The number of hydrogen-bond donors (Lipinski definition) is 1. The predicted molar refractivity (Wildman–Crippen MR) is 92.5 cm³/mol. The molecule has 1 atom stereocenters. The predicted octanol–water partition coefficient (Wildman–Crippen LogP) is 2.16. The fourth-order valence-corrected chi connectivity index (χ4v) is 5.05. The highest BCUT2D eigenvalue weighted by Crippen LogP contribution is 2.35. The summed E-state index contributed by atoms with van der Waals surface area (Å²) in [7, 11) is -1.86. The van der Waals surface area contributed by atoms with Gasteiger partial charge in [-0.15, -0.1) is 0 Å². The quantitative estimate of drug-likeness (QED) is 0.919. The standard InChI is InChI=1S/C17H21N3O3S/c1-12-10-16(20(2)19-12)18-17(21)11-24(22,23)15-9-5-7-13-6-3-4-8-14(13)15/h3-4,6,8,10,15H,5,7,9,11H2,1-2H3,(H,18,21)/t15-/m0/s1. The summed E-state index contributed by atoms with van der Waals surface area (Å²) in [5, 5.41) is 6.17. The second-order valence-corrected chi connectivity index (χ2v) is 8.41. The average Bonchev–Trinajstić information content (AvgIpc) is 2.83. The van der Waals surface area contributed by atoms with Gasteiger partial charge in [0.15, 0.2) is 9.84 Å². The van der Waals surface area contributed by atoms with Crippen molar-refractivity contribution in [2.75, 3.05) is 11.1 Å². The molecule has 128 valence electrons. The van der Waals surface area contributed by atoms with Crippen LogP contribution < -0.4 is 5.32 Å². The SMILES string of the molecule is Cc1cc(NC(=O)CS(=O)(=O)[C@H]2CCCc3ccccc32)n(C)n1. The fraction of sp³-hybridized carbons (Fsp3) is 0.412. The molecule has 0 saturated heterocycles. The molecule has 2 aromatic rings. The maximum absolute atomic E-state index is 12.8. The number of nitrogens with zero attached hydrogens (tertiary/aromatic N) is 2. The fourth-order valence-electron chi connectivity index (χ4n) is 3.27. The molecular weight excluding hydrogens is 326 g/mol. The second-order valence-electron chi connectivity index (χ2n) is 6.23. The van der Waals surface area contributed by atoms with Gasteiger partial charge >= 0.3 is 0 Å². The number of rotatable bonds is 4. The van der Waals surface area contributed by atoms with E-state index < -0.39 is 26.7 Å². The third-order valence-electron chi connectivity index (χ3n) is 4.35. The number of nitrogens with one attached hydrogen (secondary N) is 1. The lowest BCUT2D eigenvalue weighted by atomic mass is 9.91. The van der Waals surface area contributed by atoms with Crippen LogP contribution >= 0.6 is 0 Å². The summed E-state index contributed by atoms with van der Waals surface area (Å²) in [6.07, 6.45) is 2.28. The van der Waals surface area contributed by atoms with Crippen molar-refractivity contribution >= 4 is 21.6 Å². The van der Waals surface area contributed by atoms with E-state index >= 15 is 0 Å². The van der Waals surface area contributed by atoms with Gasteiger partial charge in [0.2, 0.25) is 5.91 Å². The molecule has 3 rings (SSSR count). The summed E-state index contributed by atoms with van der Waals surface area (Å²) >= 11 is 0. The smallest absolute Gasteiger partial charge is 0.240 e. The van der Waals surface area contributed by atoms with Crippen LogP contribution in [-0.2, 0) is 28.1 Å². The molecule has 6 nitrogen and oxygen atoms in total. The molecule has 0 saturated carbocycles. The molecule has 1 aliphatic carbocycles. The van der Waals surface area contributed by atoms with Gasteiger partial charge in [-0.2, -0.15) is 5.10 Å². The van der Waals surface area contributed by atoms with E-state index in [0.29, 0.717) is 12.2 Å². The number of carbonyl (C=O) groups is 1. The molecule has 0 radical (unpaired) electrons. The Kier molecular flexibility index (Phi) is 4.45. The largest absolute Gasteiger partial charge is 0.310 e. The Labute approximate surface area is 141 Å². The minimum Gasteiger partial charge on any atom is -0.310 e. The van der Waals surface area contributed by atoms with E-state index in [2.05, 4.69) is 10.4 Å². The maximum Gasteiger partial charge on any atom is 0.240 e. The van der Waals surface area contributed by atoms with Gasteiger partial charge < -0.3 is 5.32 Å². The Bertz CT molecular complexity index is 871. The molecule has 1 amide bonds. The summed E-state index contributed by atoms with van der Waals surface area (Å²) in [6.45, 7) is 1.81. The number of hydrogen-bond acceptors (Lipinski definition) is 4. The van der Waals surface area contributed by atoms with Crippen LogP contribution in [0.25, 0.3) is 0 Å². The van der Waals surface area contributed by atoms with E-state index in [4.69, 9.17) is 0 Å². The van der Waals surface area contributed by atoms with E-state index in [9.17, 15) is 13.2 Å². The van der Waals surface area contributed by atoms with E-state index in [1.54, 1.807) is 13.1 Å². The molecule has 1 aromatic carbocycles. The number of anilines is 1. The zero-order valence-electron chi connectivity index (χ0n) is 13.8. The highest BCUT2D eigenvalue weighted by atomic mass is 32.2. The van der Waals surface area contributed by atoms with Gasteiger partial charge in [0.05, 0.1) is 10.9 Å². The molecule has 0 fully saturated rings. The lowest BCUT2D eigenvalue weighted by molar-refractivity contribution is -0.113. The summed E-state index contributed by atoms with van der Waals surface area (Å²) in [6, 6.07) is 9.31. The molecule has 24 heavy (non-hydrogen) atoms.